The van der Waals surface area contributed by atoms with Crippen molar-refractivity contribution < 1.29 is 33.3 Å². The molecular weight excluding hydrogens is 849 g/mol. The summed E-state index contributed by atoms with van der Waals surface area (Å²) in [6.07, 6.45) is 5.13. The number of likely N-dealkylation sites (tertiary alicyclic amines) is 1. The van der Waals surface area contributed by atoms with E-state index in [1.165, 1.54) is 0 Å². The number of fused-ring (bicyclic) bond motifs is 1. The van der Waals surface area contributed by atoms with Crippen LogP contribution in [0.2, 0.25) is 5.02 Å². The standard InChI is InChI=1S/C50H63ClFN7O6/c1-48(2)45(49(3,4)46(48)64-33-13-11-30(25-53)37(51)24-33)57-43(60)31-26-55-47(56-27-31)59-20-16-29(17-21-59)18-22-63-39-9-8-10-40(41(39)52)65-38-14-12-32(50(5,6)62)23-35(38)36-28-58(7)44(61)42-34(36)15-19-54-42/h8-14,23-24,28-29,31,34,42,45-47,54-56,62H,15-22,26-27H2,1-7H3,(H,57,60). The fourth-order valence-electron chi connectivity index (χ4n) is 11.0. The number of piperidine rings is 1. The number of nitriles is 1. The second-order valence-corrected chi connectivity index (χ2v) is 20.6. The lowest BCUT2D eigenvalue weighted by atomic mass is 9.49. The number of rotatable bonds is 13. The molecule has 2 atom stereocenters. The lowest BCUT2D eigenvalue weighted by molar-refractivity contribution is -0.174. The molecule has 5 N–H and O–H groups in total. The summed E-state index contributed by atoms with van der Waals surface area (Å²) in [5, 5.41) is 34.3. The van der Waals surface area contributed by atoms with Crippen LogP contribution < -0.4 is 35.5 Å². The summed E-state index contributed by atoms with van der Waals surface area (Å²) in [6.45, 7) is 15.8. The van der Waals surface area contributed by atoms with E-state index < -0.39 is 11.4 Å². The third-order valence-corrected chi connectivity index (χ3v) is 14.8. The van der Waals surface area contributed by atoms with Gasteiger partial charge in [-0.2, -0.15) is 9.65 Å². The van der Waals surface area contributed by atoms with E-state index in [9.17, 15) is 20.0 Å². The molecule has 0 aromatic heterocycles. The quantitative estimate of drug-likeness (QED) is 0.124. The maximum Gasteiger partial charge on any atom is 0.244 e. The highest BCUT2D eigenvalue weighted by Gasteiger charge is 2.64. The van der Waals surface area contributed by atoms with Gasteiger partial charge in [-0.05, 0) is 99.5 Å². The number of benzene rings is 3. The van der Waals surface area contributed by atoms with Crippen molar-refractivity contribution in [2.75, 3.05) is 46.4 Å². The molecule has 4 fully saturated rings. The zero-order valence-corrected chi connectivity index (χ0v) is 39.2. The van der Waals surface area contributed by atoms with E-state index >= 15 is 4.39 Å². The van der Waals surface area contributed by atoms with E-state index in [0.29, 0.717) is 65.4 Å². The molecule has 5 aliphatic rings. The van der Waals surface area contributed by atoms with Gasteiger partial charge in [0.25, 0.3) is 0 Å². The SMILES string of the molecule is CN1C=C(c2cc(C(C)(C)O)ccc2Oc2cccc(OCCC3CCN(C4NCC(C(=O)NC5C(C)(C)C(Oc6ccc(C#N)c(Cl)c6)C5(C)C)CN4)CC3)c2F)C2CCNC2C1=O. The molecule has 0 bridgehead atoms. The number of carbonyl (C=O) groups is 2. The molecule has 2 amide bonds. The molecule has 348 valence electrons. The monoisotopic (exact) mass is 911 g/mol. The van der Waals surface area contributed by atoms with Crippen LogP contribution >= 0.6 is 11.6 Å². The Morgan fingerprint density at radius 2 is 1.71 bits per heavy atom. The van der Waals surface area contributed by atoms with Crippen molar-refractivity contribution in [3.63, 3.8) is 0 Å². The van der Waals surface area contributed by atoms with Gasteiger partial charge < -0.3 is 34.9 Å². The van der Waals surface area contributed by atoms with Crippen molar-refractivity contribution >= 4 is 29.0 Å². The van der Waals surface area contributed by atoms with Gasteiger partial charge in [0.1, 0.15) is 30.0 Å². The van der Waals surface area contributed by atoms with Crippen molar-refractivity contribution in [3.05, 3.63) is 88.3 Å². The van der Waals surface area contributed by atoms with Gasteiger partial charge in [-0.1, -0.05) is 51.4 Å². The molecule has 13 nitrogen and oxygen atoms in total. The van der Waals surface area contributed by atoms with Gasteiger partial charge in [0.05, 0.1) is 34.8 Å². The molecule has 2 unspecified atom stereocenters. The highest BCUT2D eigenvalue weighted by Crippen LogP contribution is 2.56. The fraction of sp³-hybridized carbons (Fsp3) is 0.540. The molecule has 3 saturated heterocycles. The molecule has 3 aromatic carbocycles. The van der Waals surface area contributed by atoms with Crippen LogP contribution in [0.1, 0.15) is 83.9 Å². The molecule has 4 heterocycles. The van der Waals surface area contributed by atoms with Gasteiger partial charge in [-0.15, -0.1) is 0 Å². The summed E-state index contributed by atoms with van der Waals surface area (Å²) in [6, 6.07) is 17.0. The lowest BCUT2D eigenvalue weighted by Gasteiger charge is -2.63. The van der Waals surface area contributed by atoms with Gasteiger partial charge in [0, 0.05) is 73.8 Å². The number of nitrogens with one attached hydrogen (secondary N) is 4. The van der Waals surface area contributed by atoms with E-state index in [0.717, 1.165) is 44.3 Å². The smallest absolute Gasteiger partial charge is 0.244 e. The Morgan fingerprint density at radius 3 is 2.38 bits per heavy atom. The maximum atomic E-state index is 16.1. The van der Waals surface area contributed by atoms with E-state index in [1.807, 2.05) is 12.3 Å². The van der Waals surface area contributed by atoms with Crippen LogP contribution in [0, 0.1) is 45.7 Å². The first-order chi connectivity index (χ1) is 30.9. The maximum absolute atomic E-state index is 16.1. The molecule has 0 spiro atoms. The minimum Gasteiger partial charge on any atom is -0.490 e. The normalized spacial score (nSPS) is 26.6. The van der Waals surface area contributed by atoms with Crippen molar-refractivity contribution in [3.8, 4) is 29.1 Å². The number of hydrogen-bond donors (Lipinski definition) is 5. The number of ether oxygens (including phenoxy) is 3. The van der Waals surface area contributed by atoms with Crippen LogP contribution in [0.4, 0.5) is 4.39 Å². The highest BCUT2D eigenvalue weighted by molar-refractivity contribution is 6.31. The van der Waals surface area contributed by atoms with Crippen LogP contribution in [-0.2, 0) is 15.2 Å². The van der Waals surface area contributed by atoms with Crippen LogP contribution in [0.3, 0.4) is 0 Å². The summed E-state index contributed by atoms with van der Waals surface area (Å²) in [7, 11) is 1.73. The van der Waals surface area contributed by atoms with Gasteiger partial charge in [-0.25, -0.2) is 0 Å². The number of amides is 2. The fourth-order valence-corrected chi connectivity index (χ4v) is 11.2. The van der Waals surface area contributed by atoms with E-state index in [4.69, 9.17) is 25.8 Å². The first-order valence-electron chi connectivity index (χ1n) is 22.9. The first-order valence-corrected chi connectivity index (χ1v) is 23.3. The Kier molecular flexibility index (Phi) is 13.3. The van der Waals surface area contributed by atoms with Crippen LogP contribution in [0.5, 0.6) is 23.0 Å². The van der Waals surface area contributed by atoms with E-state index in [2.05, 4.69) is 59.9 Å². The Morgan fingerprint density at radius 1 is 1.00 bits per heavy atom. The highest BCUT2D eigenvalue weighted by atomic mass is 35.5. The summed E-state index contributed by atoms with van der Waals surface area (Å²) >= 11 is 6.27. The predicted octanol–water partition coefficient (Wildman–Crippen LogP) is 6.73. The zero-order valence-electron chi connectivity index (χ0n) is 38.5. The summed E-state index contributed by atoms with van der Waals surface area (Å²) < 4.78 is 34.8. The molecule has 15 heteroatoms. The second kappa shape index (κ2) is 18.5. The Labute approximate surface area is 387 Å². The third kappa shape index (κ3) is 9.46. The van der Waals surface area contributed by atoms with Gasteiger partial charge in [-0.3, -0.25) is 25.1 Å². The van der Waals surface area contributed by atoms with Crippen molar-refractivity contribution in [1.82, 2.24) is 31.1 Å². The Bertz CT molecular complexity index is 2330. The average Bonchev–Trinajstić information content (AvgIpc) is 3.78. The van der Waals surface area contributed by atoms with Gasteiger partial charge in [0.15, 0.2) is 11.5 Å². The second-order valence-electron chi connectivity index (χ2n) is 20.2. The Hall–Kier alpha value is -4.75. The van der Waals surface area contributed by atoms with Crippen molar-refractivity contribution in [1.29, 1.82) is 5.26 Å². The number of nitrogens with zero attached hydrogens (tertiary/aromatic N) is 3. The lowest BCUT2D eigenvalue weighted by Crippen LogP contribution is -2.75. The minimum absolute atomic E-state index is 0.00318. The first kappa shape index (κ1) is 46.8. The molecule has 65 heavy (non-hydrogen) atoms. The molecule has 8 rings (SSSR count). The van der Waals surface area contributed by atoms with E-state index in [1.54, 1.807) is 74.3 Å². The molecule has 1 saturated carbocycles. The Balaban J connectivity index is 0.801. The van der Waals surface area contributed by atoms with Crippen LogP contribution in [0.15, 0.2) is 60.8 Å². The number of aliphatic hydroxyl groups is 1. The van der Waals surface area contributed by atoms with Crippen molar-refractivity contribution in [2.45, 2.75) is 97.3 Å². The number of halogens is 2. The average molecular weight is 913 g/mol. The molecule has 3 aromatic rings. The number of hydrogen-bond acceptors (Lipinski definition) is 11. The van der Waals surface area contributed by atoms with Gasteiger partial charge in [0.2, 0.25) is 17.6 Å². The summed E-state index contributed by atoms with van der Waals surface area (Å²) in [5.41, 5.74) is 0.873. The largest absolute Gasteiger partial charge is 0.490 e. The molecule has 0 radical (unpaired) electrons. The van der Waals surface area contributed by atoms with E-state index in [-0.39, 0.29) is 70.5 Å². The summed E-state index contributed by atoms with van der Waals surface area (Å²) in [5.74, 6) is 0.723. The zero-order chi connectivity index (χ0) is 46.4. The number of carbonyl (C=O) groups excluding carboxylic acids is 2. The van der Waals surface area contributed by atoms with Crippen molar-refractivity contribution in [2.24, 2.45) is 28.6 Å². The predicted molar refractivity (Wildman–Crippen MR) is 247 cm³/mol. The minimum atomic E-state index is -1.12. The topological polar surface area (TPSA) is 160 Å². The van der Waals surface area contributed by atoms with Gasteiger partial charge >= 0.3 is 0 Å². The molecule has 4 aliphatic heterocycles. The van der Waals surface area contributed by atoms with Crippen LogP contribution in [0.25, 0.3) is 5.57 Å². The third-order valence-electron chi connectivity index (χ3n) is 14.4. The molecular formula is C50H63ClFN7O6. The number of likely N-dealkylation sites (N-methyl/N-ethyl adjacent to an activating group) is 1. The van der Waals surface area contributed by atoms with Crippen LogP contribution in [-0.4, -0.2) is 97.6 Å². The molecule has 1 aliphatic carbocycles. The summed E-state index contributed by atoms with van der Waals surface area (Å²) in [4.78, 5) is 30.5.